The SMILES string of the molecule is COCC(C)n1c(=O)c(-c2cccc(F)c2Cl)cn(CC(=O)N2CCC(N3CCc4cc(OC)ccc4NC3=O)CC2)c1=O. The van der Waals surface area contributed by atoms with Crippen molar-refractivity contribution in [2.45, 2.75) is 44.8 Å². The lowest BCUT2D eigenvalue weighted by Crippen LogP contribution is -2.51. The normalized spacial score (nSPS) is 16.2. The molecule has 3 heterocycles. The van der Waals surface area contributed by atoms with E-state index in [1.807, 2.05) is 23.1 Å². The largest absolute Gasteiger partial charge is 0.497 e. The summed E-state index contributed by atoms with van der Waals surface area (Å²) in [6.07, 6.45) is 3.08. The predicted octanol–water partition coefficient (Wildman–Crippen LogP) is 3.77. The van der Waals surface area contributed by atoms with E-state index in [1.54, 1.807) is 18.9 Å². The van der Waals surface area contributed by atoms with Gasteiger partial charge in [-0.2, -0.15) is 0 Å². The van der Waals surface area contributed by atoms with E-state index in [1.165, 1.54) is 31.5 Å². The highest BCUT2D eigenvalue weighted by molar-refractivity contribution is 6.33. The van der Waals surface area contributed by atoms with Gasteiger partial charge < -0.3 is 24.6 Å². The Kier molecular flexibility index (Phi) is 9.40. The first-order valence-corrected chi connectivity index (χ1v) is 14.8. The van der Waals surface area contributed by atoms with E-state index in [0.717, 1.165) is 26.1 Å². The number of urea groups is 1. The number of halogens is 2. The van der Waals surface area contributed by atoms with Gasteiger partial charge in [-0.05, 0) is 56.0 Å². The maximum atomic E-state index is 14.3. The number of hydrogen-bond donors (Lipinski definition) is 1. The second-order valence-corrected chi connectivity index (χ2v) is 11.4. The summed E-state index contributed by atoms with van der Waals surface area (Å²) >= 11 is 6.20. The summed E-state index contributed by atoms with van der Waals surface area (Å²) in [6, 6.07) is 8.76. The molecule has 1 fully saturated rings. The molecule has 2 aliphatic rings. The number of hydrogen-bond acceptors (Lipinski definition) is 6. The lowest BCUT2D eigenvalue weighted by Gasteiger charge is -2.38. The highest BCUT2D eigenvalue weighted by Crippen LogP contribution is 2.29. The van der Waals surface area contributed by atoms with Gasteiger partial charge in [0, 0.05) is 50.2 Å². The molecule has 3 amide bonds. The zero-order valence-electron chi connectivity index (χ0n) is 24.8. The summed E-state index contributed by atoms with van der Waals surface area (Å²) < 4.78 is 27.0. The third-order valence-electron chi connectivity index (χ3n) is 8.28. The first-order valence-electron chi connectivity index (χ1n) is 14.4. The first kappa shape index (κ1) is 31.3. The van der Waals surface area contributed by atoms with Gasteiger partial charge in [0.1, 0.15) is 18.1 Å². The van der Waals surface area contributed by atoms with Crippen molar-refractivity contribution < 1.29 is 23.5 Å². The zero-order chi connectivity index (χ0) is 31.5. The van der Waals surface area contributed by atoms with Crippen LogP contribution in [-0.4, -0.2) is 77.4 Å². The Morgan fingerprint density at radius 1 is 1.09 bits per heavy atom. The van der Waals surface area contributed by atoms with Crippen LogP contribution in [0.4, 0.5) is 14.9 Å². The molecule has 2 aromatic carbocycles. The van der Waals surface area contributed by atoms with E-state index in [2.05, 4.69) is 5.32 Å². The molecule has 1 atom stereocenters. The summed E-state index contributed by atoms with van der Waals surface area (Å²) in [6.45, 7) is 2.71. The second kappa shape index (κ2) is 13.2. The monoisotopic (exact) mass is 627 g/mol. The van der Waals surface area contributed by atoms with Crippen LogP contribution in [0.15, 0.2) is 52.2 Å². The number of rotatable bonds is 8. The molecule has 234 valence electrons. The average Bonchev–Trinajstić information content (AvgIpc) is 3.17. The lowest BCUT2D eigenvalue weighted by atomic mass is 10.0. The van der Waals surface area contributed by atoms with Crippen molar-refractivity contribution in [2.24, 2.45) is 0 Å². The third kappa shape index (κ3) is 6.22. The molecule has 1 aromatic heterocycles. The molecule has 0 aliphatic carbocycles. The van der Waals surface area contributed by atoms with E-state index in [0.29, 0.717) is 38.9 Å². The summed E-state index contributed by atoms with van der Waals surface area (Å²) in [7, 11) is 3.05. The third-order valence-corrected chi connectivity index (χ3v) is 8.66. The first-order chi connectivity index (χ1) is 21.1. The molecule has 13 heteroatoms. The molecule has 3 aromatic rings. The van der Waals surface area contributed by atoms with Crippen molar-refractivity contribution in [3.05, 3.63) is 79.8 Å². The number of likely N-dealkylation sites (tertiary alicyclic amines) is 1. The fourth-order valence-corrected chi connectivity index (χ4v) is 6.14. The van der Waals surface area contributed by atoms with Gasteiger partial charge in [0.2, 0.25) is 5.91 Å². The molecule has 5 rings (SSSR count). The minimum Gasteiger partial charge on any atom is -0.497 e. The fourth-order valence-electron chi connectivity index (χ4n) is 5.91. The van der Waals surface area contributed by atoms with Crippen LogP contribution in [0.3, 0.4) is 0 Å². The Morgan fingerprint density at radius 3 is 2.55 bits per heavy atom. The van der Waals surface area contributed by atoms with E-state index >= 15 is 0 Å². The van der Waals surface area contributed by atoms with Crippen LogP contribution in [0.2, 0.25) is 5.02 Å². The van der Waals surface area contributed by atoms with Gasteiger partial charge in [-0.3, -0.25) is 18.7 Å². The van der Waals surface area contributed by atoms with Crippen molar-refractivity contribution in [1.82, 2.24) is 18.9 Å². The van der Waals surface area contributed by atoms with Crippen molar-refractivity contribution in [3.63, 3.8) is 0 Å². The topological polar surface area (TPSA) is 115 Å². The zero-order valence-corrected chi connectivity index (χ0v) is 25.6. The number of methoxy groups -OCH3 is 2. The number of piperidine rings is 1. The van der Waals surface area contributed by atoms with Crippen molar-refractivity contribution in [2.75, 3.05) is 45.8 Å². The molecule has 11 nitrogen and oxygen atoms in total. The van der Waals surface area contributed by atoms with Crippen molar-refractivity contribution >= 4 is 29.2 Å². The molecular formula is C31H35ClFN5O6. The van der Waals surface area contributed by atoms with E-state index < -0.39 is 23.1 Å². The number of nitrogens with zero attached hydrogens (tertiary/aromatic N) is 4. The van der Waals surface area contributed by atoms with Crippen LogP contribution >= 0.6 is 11.6 Å². The molecule has 0 saturated carbocycles. The van der Waals surface area contributed by atoms with E-state index in [9.17, 15) is 23.6 Å². The van der Waals surface area contributed by atoms with Crippen LogP contribution in [0.25, 0.3) is 11.1 Å². The van der Waals surface area contributed by atoms with Gasteiger partial charge in [0.25, 0.3) is 5.56 Å². The molecule has 0 bridgehead atoms. The van der Waals surface area contributed by atoms with Gasteiger partial charge in [0.05, 0.1) is 30.3 Å². The van der Waals surface area contributed by atoms with Crippen molar-refractivity contribution in [1.29, 1.82) is 0 Å². The van der Waals surface area contributed by atoms with Gasteiger partial charge >= 0.3 is 11.7 Å². The molecular weight excluding hydrogens is 593 g/mol. The molecule has 44 heavy (non-hydrogen) atoms. The summed E-state index contributed by atoms with van der Waals surface area (Å²) in [5, 5.41) is 2.74. The Bertz CT molecular complexity index is 1680. The number of amides is 3. The standard InChI is InChI=1S/C31H35ClFN5O6/c1-19(18-43-2)38-29(40)24(23-5-4-6-25(33)28(23)32)16-36(31(38)42)17-27(39)35-12-10-21(11-13-35)37-14-9-20-15-22(44-3)7-8-26(20)34-30(37)41/h4-8,15-16,19,21H,9-14,17-18H2,1-3H3,(H,34,41). The van der Waals surface area contributed by atoms with Gasteiger partial charge in [-0.15, -0.1) is 0 Å². The van der Waals surface area contributed by atoms with Gasteiger partial charge in [0.15, 0.2) is 0 Å². The highest BCUT2D eigenvalue weighted by Gasteiger charge is 2.32. The Balaban J connectivity index is 1.32. The Labute approximate surface area is 258 Å². The quantitative estimate of drug-likeness (QED) is 0.407. The summed E-state index contributed by atoms with van der Waals surface area (Å²) in [5.74, 6) is -0.295. The molecule has 0 radical (unpaired) electrons. The number of anilines is 1. The van der Waals surface area contributed by atoms with Crippen LogP contribution in [0.1, 0.15) is 31.4 Å². The molecule has 1 N–H and O–H groups in total. The number of aromatic nitrogens is 2. The molecule has 2 aliphatic heterocycles. The van der Waals surface area contributed by atoms with E-state index in [4.69, 9.17) is 21.1 Å². The van der Waals surface area contributed by atoms with Crippen LogP contribution in [0, 0.1) is 5.82 Å². The van der Waals surface area contributed by atoms with Crippen LogP contribution < -0.4 is 21.3 Å². The predicted molar refractivity (Wildman–Crippen MR) is 164 cm³/mol. The summed E-state index contributed by atoms with van der Waals surface area (Å²) in [4.78, 5) is 56.9. The second-order valence-electron chi connectivity index (χ2n) is 11.0. The number of benzene rings is 2. The average molecular weight is 628 g/mol. The molecule has 0 spiro atoms. The van der Waals surface area contributed by atoms with Crippen LogP contribution in [-0.2, 0) is 22.5 Å². The minimum atomic E-state index is -0.710. The number of carbonyl (C=O) groups is 2. The number of carbonyl (C=O) groups excluding carboxylic acids is 2. The fraction of sp³-hybridized carbons (Fsp3) is 0.419. The minimum absolute atomic E-state index is 0.00523. The molecule has 1 unspecified atom stereocenters. The maximum Gasteiger partial charge on any atom is 0.331 e. The smallest absolute Gasteiger partial charge is 0.331 e. The van der Waals surface area contributed by atoms with Gasteiger partial charge in [-0.25, -0.2) is 14.0 Å². The van der Waals surface area contributed by atoms with Gasteiger partial charge in [-0.1, -0.05) is 23.7 Å². The molecule has 1 saturated heterocycles. The maximum absolute atomic E-state index is 14.3. The van der Waals surface area contributed by atoms with E-state index in [-0.39, 0.29) is 47.3 Å². The van der Waals surface area contributed by atoms with Crippen LogP contribution in [0.5, 0.6) is 5.75 Å². The summed E-state index contributed by atoms with van der Waals surface area (Å²) in [5.41, 5.74) is 0.529. The number of ether oxygens (including phenoxy) is 2. The Morgan fingerprint density at radius 2 is 1.84 bits per heavy atom. The van der Waals surface area contributed by atoms with Crippen molar-refractivity contribution in [3.8, 4) is 16.9 Å². The number of fused-ring (bicyclic) bond motifs is 1. The lowest BCUT2D eigenvalue weighted by molar-refractivity contribution is -0.133. The number of nitrogens with one attached hydrogen (secondary N) is 1. The Hall–Kier alpha value is -4.16. The highest BCUT2D eigenvalue weighted by atomic mass is 35.5.